The molecule has 5 heteroatoms. The number of amides is 1. The fourth-order valence-corrected chi connectivity index (χ4v) is 3.97. The normalized spacial score (nSPS) is 18.3. The van der Waals surface area contributed by atoms with Crippen LogP contribution >= 0.6 is 0 Å². The molecule has 4 rings (SSSR count). The number of carbonyl (C=O) groups excluding carboxylic acids is 1. The molecule has 1 aromatic carbocycles. The van der Waals surface area contributed by atoms with Crippen molar-refractivity contribution in [3.05, 3.63) is 70.1 Å². The Labute approximate surface area is 147 Å². The van der Waals surface area contributed by atoms with E-state index in [4.69, 9.17) is 0 Å². The zero-order valence-electron chi connectivity index (χ0n) is 14.3. The fraction of sp³-hybridized carbons (Fsp3) is 0.400. The summed E-state index contributed by atoms with van der Waals surface area (Å²) >= 11 is 0. The van der Waals surface area contributed by atoms with Crippen LogP contribution in [0, 0.1) is 0 Å². The van der Waals surface area contributed by atoms with E-state index in [0.717, 1.165) is 39.0 Å². The van der Waals surface area contributed by atoms with E-state index in [9.17, 15) is 9.59 Å². The minimum atomic E-state index is -0.127. The van der Waals surface area contributed by atoms with Gasteiger partial charge < -0.3 is 9.47 Å². The van der Waals surface area contributed by atoms with E-state index >= 15 is 0 Å². The number of hydrogen-bond acceptors (Lipinski definition) is 3. The Balaban J connectivity index is 1.32. The number of rotatable bonds is 3. The van der Waals surface area contributed by atoms with Crippen LogP contribution in [0.1, 0.15) is 11.1 Å². The Morgan fingerprint density at radius 1 is 0.920 bits per heavy atom. The number of pyridine rings is 1. The second-order valence-corrected chi connectivity index (χ2v) is 6.91. The summed E-state index contributed by atoms with van der Waals surface area (Å²) in [7, 11) is 0. The van der Waals surface area contributed by atoms with Crippen molar-refractivity contribution in [2.45, 2.75) is 25.4 Å². The van der Waals surface area contributed by atoms with Gasteiger partial charge in [-0.15, -0.1) is 0 Å². The SMILES string of the molecule is O=C(Cn1ccccc1=O)N1CCN(C2Cc3ccccc3C2)CC1. The topological polar surface area (TPSA) is 45.6 Å². The zero-order valence-corrected chi connectivity index (χ0v) is 14.3. The van der Waals surface area contributed by atoms with Crippen LogP contribution < -0.4 is 5.56 Å². The first-order chi connectivity index (χ1) is 12.2. The molecular formula is C20H23N3O2. The van der Waals surface area contributed by atoms with Gasteiger partial charge in [-0.2, -0.15) is 0 Å². The monoisotopic (exact) mass is 337 g/mol. The summed E-state index contributed by atoms with van der Waals surface area (Å²) in [5.41, 5.74) is 2.81. The lowest BCUT2D eigenvalue weighted by atomic mass is 10.1. The molecule has 0 N–H and O–H groups in total. The van der Waals surface area contributed by atoms with E-state index in [1.165, 1.54) is 21.8 Å². The molecule has 2 aliphatic rings. The second kappa shape index (κ2) is 6.84. The van der Waals surface area contributed by atoms with Gasteiger partial charge in [0.25, 0.3) is 5.56 Å². The highest BCUT2D eigenvalue weighted by atomic mass is 16.2. The number of nitrogens with zero attached hydrogens (tertiary/aromatic N) is 3. The van der Waals surface area contributed by atoms with E-state index in [1.54, 1.807) is 18.3 Å². The summed E-state index contributed by atoms with van der Waals surface area (Å²) in [6.45, 7) is 3.44. The summed E-state index contributed by atoms with van der Waals surface area (Å²) in [4.78, 5) is 28.6. The van der Waals surface area contributed by atoms with Gasteiger partial charge in [0.2, 0.25) is 5.91 Å². The van der Waals surface area contributed by atoms with E-state index in [-0.39, 0.29) is 18.0 Å². The predicted octanol–water partition coefficient (Wildman–Crippen LogP) is 1.16. The Kier molecular flexibility index (Phi) is 4.40. The largest absolute Gasteiger partial charge is 0.339 e. The maximum atomic E-state index is 12.5. The van der Waals surface area contributed by atoms with Crippen molar-refractivity contribution in [3.63, 3.8) is 0 Å². The molecule has 130 valence electrons. The number of aromatic nitrogens is 1. The van der Waals surface area contributed by atoms with Gasteiger partial charge in [-0.25, -0.2) is 0 Å². The van der Waals surface area contributed by atoms with Crippen molar-refractivity contribution in [2.75, 3.05) is 26.2 Å². The standard InChI is InChI=1S/C20H23N3O2/c24-19-7-3-4-8-23(19)15-20(25)22-11-9-21(10-12-22)18-13-16-5-1-2-6-17(16)14-18/h1-8,18H,9-15H2. The predicted molar refractivity (Wildman–Crippen MR) is 96.5 cm³/mol. The summed E-state index contributed by atoms with van der Waals surface area (Å²) in [6, 6.07) is 14.2. The lowest BCUT2D eigenvalue weighted by Gasteiger charge is -2.38. The number of piperazine rings is 1. The number of hydrogen-bond donors (Lipinski definition) is 0. The molecule has 1 aliphatic carbocycles. The molecule has 0 radical (unpaired) electrons. The molecule has 1 saturated heterocycles. The number of fused-ring (bicyclic) bond motifs is 1. The first-order valence-electron chi connectivity index (χ1n) is 8.95. The molecule has 0 atom stereocenters. The molecule has 25 heavy (non-hydrogen) atoms. The highest BCUT2D eigenvalue weighted by Crippen LogP contribution is 2.26. The second-order valence-electron chi connectivity index (χ2n) is 6.91. The van der Waals surface area contributed by atoms with Crippen LogP contribution in [0.25, 0.3) is 0 Å². The van der Waals surface area contributed by atoms with Crippen LogP contribution in [0.4, 0.5) is 0 Å². The van der Waals surface area contributed by atoms with Crippen molar-refractivity contribution < 1.29 is 4.79 Å². The Hall–Kier alpha value is -2.40. The molecule has 1 fully saturated rings. The van der Waals surface area contributed by atoms with Gasteiger partial charge in [0.05, 0.1) is 0 Å². The van der Waals surface area contributed by atoms with Crippen LogP contribution in [-0.4, -0.2) is 52.5 Å². The van der Waals surface area contributed by atoms with Gasteiger partial charge in [0.15, 0.2) is 0 Å². The molecule has 0 bridgehead atoms. The lowest BCUT2D eigenvalue weighted by Crippen LogP contribution is -2.53. The maximum absolute atomic E-state index is 12.5. The molecule has 0 saturated carbocycles. The molecule has 0 spiro atoms. The molecule has 2 heterocycles. The molecule has 2 aromatic rings. The summed E-state index contributed by atoms with van der Waals surface area (Å²) in [6.07, 6.45) is 3.90. The summed E-state index contributed by atoms with van der Waals surface area (Å²) in [5.74, 6) is 0.0302. The minimum Gasteiger partial charge on any atom is -0.339 e. The maximum Gasteiger partial charge on any atom is 0.250 e. The van der Waals surface area contributed by atoms with Gasteiger partial charge in [0, 0.05) is 44.5 Å². The third-order valence-corrected chi connectivity index (χ3v) is 5.42. The number of benzene rings is 1. The average Bonchev–Trinajstić information content (AvgIpc) is 3.08. The average molecular weight is 337 g/mol. The van der Waals surface area contributed by atoms with Gasteiger partial charge in [-0.1, -0.05) is 30.3 Å². The van der Waals surface area contributed by atoms with Gasteiger partial charge in [-0.05, 0) is 30.0 Å². The van der Waals surface area contributed by atoms with Gasteiger partial charge in [0.1, 0.15) is 6.54 Å². The minimum absolute atomic E-state index is 0.0302. The summed E-state index contributed by atoms with van der Waals surface area (Å²) in [5, 5.41) is 0. The third-order valence-electron chi connectivity index (χ3n) is 5.42. The fourth-order valence-electron chi connectivity index (χ4n) is 3.97. The smallest absolute Gasteiger partial charge is 0.250 e. The van der Waals surface area contributed by atoms with Crippen LogP contribution in [-0.2, 0) is 24.2 Å². The zero-order chi connectivity index (χ0) is 17.2. The Morgan fingerprint density at radius 3 is 2.20 bits per heavy atom. The van der Waals surface area contributed by atoms with Crippen molar-refractivity contribution >= 4 is 5.91 Å². The Morgan fingerprint density at radius 2 is 1.56 bits per heavy atom. The molecular weight excluding hydrogens is 314 g/mol. The quantitative estimate of drug-likeness (QED) is 0.844. The van der Waals surface area contributed by atoms with E-state index in [1.807, 2.05) is 4.90 Å². The Bertz CT molecular complexity index is 796. The molecule has 0 unspecified atom stereocenters. The summed E-state index contributed by atoms with van der Waals surface area (Å²) < 4.78 is 1.47. The first kappa shape index (κ1) is 16.1. The highest BCUT2D eigenvalue weighted by molar-refractivity contribution is 5.76. The van der Waals surface area contributed by atoms with Crippen LogP contribution in [0.3, 0.4) is 0 Å². The third kappa shape index (κ3) is 3.37. The van der Waals surface area contributed by atoms with Crippen LogP contribution in [0.2, 0.25) is 0 Å². The first-order valence-corrected chi connectivity index (χ1v) is 8.95. The van der Waals surface area contributed by atoms with Crippen LogP contribution in [0.15, 0.2) is 53.5 Å². The number of carbonyl (C=O) groups is 1. The molecule has 1 aliphatic heterocycles. The van der Waals surface area contributed by atoms with E-state index < -0.39 is 0 Å². The van der Waals surface area contributed by atoms with E-state index in [2.05, 4.69) is 29.2 Å². The van der Waals surface area contributed by atoms with Gasteiger partial charge in [-0.3, -0.25) is 14.5 Å². The van der Waals surface area contributed by atoms with E-state index in [0.29, 0.717) is 6.04 Å². The molecule has 5 nitrogen and oxygen atoms in total. The van der Waals surface area contributed by atoms with Crippen molar-refractivity contribution in [3.8, 4) is 0 Å². The van der Waals surface area contributed by atoms with Crippen molar-refractivity contribution in [2.24, 2.45) is 0 Å². The van der Waals surface area contributed by atoms with Crippen LogP contribution in [0.5, 0.6) is 0 Å². The highest BCUT2D eigenvalue weighted by Gasteiger charge is 2.30. The molecule has 1 aromatic heterocycles. The molecule has 1 amide bonds. The lowest BCUT2D eigenvalue weighted by molar-refractivity contribution is -0.134. The van der Waals surface area contributed by atoms with Gasteiger partial charge >= 0.3 is 0 Å². The van der Waals surface area contributed by atoms with Crippen molar-refractivity contribution in [1.82, 2.24) is 14.4 Å². The van der Waals surface area contributed by atoms with Crippen molar-refractivity contribution in [1.29, 1.82) is 0 Å².